The number of aliphatic hydroxyl groups excluding tert-OH is 3. The molecule has 0 aliphatic heterocycles. The molecule has 0 unspecified atom stereocenters. The molecule has 0 radical (unpaired) electrons. The van der Waals surface area contributed by atoms with E-state index in [1.807, 2.05) is 0 Å². The van der Waals surface area contributed by atoms with E-state index in [-0.39, 0.29) is 19.8 Å². The van der Waals surface area contributed by atoms with E-state index in [2.05, 4.69) is 15.6 Å². The first-order valence-electron chi connectivity index (χ1n) is 4.58. The van der Waals surface area contributed by atoms with Crippen molar-refractivity contribution in [3.8, 4) is 0 Å². The molecule has 1 heterocycles. The topological polar surface area (TPSA) is 103 Å². The highest BCUT2D eigenvalue weighted by Gasteiger charge is 2.27. The second-order valence-corrected chi connectivity index (χ2v) is 3.46. The van der Waals surface area contributed by atoms with Crippen LogP contribution in [0.2, 0.25) is 0 Å². The van der Waals surface area contributed by atoms with E-state index < -0.39 is 5.54 Å². The van der Waals surface area contributed by atoms with Gasteiger partial charge in [0.2, 0.25) is 0 Å². The second kappa shape index (κ2) is 5.17. The van der Waals surface area contributed by atoms with Crippen molar-refractivity contribution in [1.82, 2.24) is 20.3 Å². The maximum atomic E-state index is 9.05. The van der Waals surface area contributed by atoms with Crippen LogP contribution in [0.5, 0.6) is 0 Å². The van der Waals surface area contributed by atoms with E-state index in [9.17, 15) is 0 Å². The molecule has 0 saturated heterocycles. The summed E-state index contributed by atoms with van der Waals surface area (Å²) in [5.41, 5.74) is -0.265. The molecule has 7 nitrogen and oxygen atoms in total. The van der Waals surface area contributed by atoms with Gasteiger partial charge in [-0.05, 0) is 0 Å². The summed E-state index contributed by atoms with van der Waals surface area (Å²) in [7, 11) is 1.74. The largest absolute Gasteiger partial charge is 0.394 e. The Morgan fingerprint density at radius 3 is 2.33 bits per heavy atom. The zero-order chi connectivity index (χ0) is 11.3. The number of aromatic nitrogens is 3. The molecule has 7 heteroatoms. The van der Waals surface area contributed by atoms with Crippen LogP contribution < -0.4 is 5.32 Å². The van der Waals surface area contributed by atoms with Crippen molar-refractivity contribution in [3.05, 3.63) is 11.9 Å². The second-order valence-electron chi connectivity index (χ2n) is 3.46. The maximum absolute atomic E-state index is 9.05. The molecule has 86 valence electrons. The van der Waals surface area contributed by atoms with Crippen molar-refractivity contribution in [2.75, 3.05) is 19.8 Å². The van der Waals surface area contributed by atoms with Crippen molar-refractivity contribution in [3.63, 3.8) is 0 Å². The van der Waals surface area contributed by atoms with E-state index in [0.29, 0.717) is 6.54 Å². The molecule has 4 N–H and O–H groups in total. The Balaban J connectivity index is 2.58. The predicted octanol–water partition coefficient (Wildman–Crippen LogP) is -2.38. The van der Waals surface area contributed by atoms with Crippen LogP contribution in [0.25, 0.3) is 0 Å². The zero-order valence-electron chi connectivity index (χ0n) is 8.59. The average Bonchev–Trinajstić information content (AvgIpc) is 2.67. The minimum absolute atomic E-state index is 0.342. The van der Waals surface area contributed by atoms with Crippen LogP contribution in [-0.2, 0) is 13.6 Å². The molecular weight excluding hydrogens is 200 g/mol. The quantitative estimate of drug-likeness (QED) is 0.423. The van der Waals surface area contributed by atoms with Gasteiger partial charge >= 0.3 is 0 Å². The van der Waals surface area contributed by atoms with Gasteiger partial charge in [0, 0.05) is 13.6 Å². The van der Waals surface area contributed by atoms with Gasteiger partial charge in [-0.15, -0.1) is 5.10 Å². The lowest BCUT2D eigenvalue weighted by molar-refractivity contribution is 0.0409. The van der Waals surface area contributed by atoms with Gasteiger partial charge in [-0.2, -0.15) is 0 Å². The SMILES string of the molecule is Cn1nncc1CNC(CO)(CO)CO. The molecule has 0 saturated carbocycles. The fraction of sp³-hybridized carbons (Fsp3) is 0.750. The van der Waals surface area contributed by atoms with Gasteiger partial charge in [0.25, 0.3) is 0 Å². The number of nitrogens with zero attached hydrogens (tertiary/aromatic N) is 3. The van der Waals surface area contributed by atoms with Crippen LogP contribution in [-0.4, -0.2) is 55.7 Å². The van der Waals surface area contributed by atoms with Gasteiger partial charge in [-0.1, -0.05) is 5.21 Å². The number of hydrogen-bond donors (Lipinski definition) is 4. The number of hydrogen-bond acceptors (Lipinski definition) is 6. The lowest BCUT2D eigenvalue weighted by Crippen LogP contribution is -2.54. The minimum Gasteiger partial charge on any atom is -0.394 e. The zero-order valence-corrected chi connectivity index (χ0v) is 8.59. The van der Waals surface area contributed by atoms with Crippen molar-refractivity contribution in [2.45, 2.75) is 12.1 Å². The first-order valence-corrected chi connectivity index (χ1v) is 4.58. The summed E-state index contributed by atoms with van der Waals surface area (Å²) in [5, 5.41) is 37.5. The van der Waals surface area contributed by atoms with Crippen molar-refractivity contribution in [2.24, 2.45) is 7.05 Å². The summed E-state index contributed by atoms with van der Waals surface area (Å²) >= 11 is 0. The highest BCUT2D eigenvalue weighted by molar-refractivity contribution is 4.96. The van der Waals surface area contributed by atoms with Crippen molar-refractivity contribution in [1.29, 1.82) is 0 Å². The minimum atomic E-state index is -1.07. The predicted molar refractivity (Wildman–Crippen MR) is 51.8 cm³/mol. The van der Waals surface area contributed by atoms with Gasteiger partial charge in [-0.3, -0.25) is 10.00 Å². The number of aliphatic hydroxyl groups is 3. The summed E-state index contributed by atoms with van der Waals surface area (Å²) < 4.78 is 1.57. The Bertz CT molecular complexity index is 290. The average molecular weight is 216 g/mol. The van der Waals surface area contributed by atoms with Crippen LogP contribution in [0.1, 0.15) is 5.69 Å². The number of rotatable bonds is 6. The van der Waals surface area contributed by atoms with Gasteiger partial charge in [0.05, 0.1) is 37.3 Å². The Hall–Kier alpha value is -1.02. The fourth-order valence-electron chi connectivity index (χ4n) is 1.07. The van der Waals surface area contributed by atoms with Crippen molar-refractivity contribution >= 4 is 0 Å². The Labute approximate surface area is 87.3 Å². The van der Waals surface area contributed by atoms with Crippen LogP contribution in [0.3, 0.4) is 0 Å². The van der Waals surface area contributed by atoms with Crippen LogP contribution in [0.4, 0.5) is 0 Å². The number of nitrogens with one attached hydrogen (secondary N) is 1. The number of aryl methyl sites for hydroxylation is 1. The lowest BCUT2D eigenvalue weighted by atomic mass is 10.0. The Morgan fingerprint density at radius 2 is 1.93 bits per heavy atom. The smallest absolute Gasteiger partial charge is 0.0884 e. The monoisotopic (exact) mass is 216 g/mol. The third-order valence-corrected chi connectivity index (χ3v) is 2.36. The van der Waals surface area contributed by atoms with E-state index in [1.54, 1.807) is 17.9 Å². The van der Waals surface area contributed by atoms with E-state index in [4.69, 9.17) is 15.3 Å². The first kappa shape index (κ1) is 12.1. The summed E-state index contributed by atoms with van der Waals surface area (Å²) in [6, 6.07) is 0. The van der Waals surface area contributed by atoms with Crippen molar-refractivity contribution < 1.29 is 15.3 Å². The molecule has 0 aliphatic rings. The maximum Gasteiger partial charge on any atom is 0.0884 e. The van der Waals surface area contributed by atoms with E-state index in [0.717, 1.165) is 5.69 Å². The highest BCUT2D eigenvalue weighted by Crippen LogP contribution is 2.03. The van der Waals surface area contributed by atoms with Crippen LogP contribution >= 0.6 is 0 Å². The molecule has 0 amide bonds. The summed E-state index contributed by atoms with van der Waals surface area (Å²) in [6.45, 7) is -0.660. The molecule has 0 spiro atoms. The van der Waals surface area contributed by atoms with Crippen LogP contribution in [0, 0.1) is 0 Å². The van der Waals surface area contributed by atoms with Gasteiger partial charge in [-0.25, -0.2) is 0 Å². The Morgan fingerprint density at radius 1 is 1.33 bits per heavy atom. The van der Waals surface area contributed by atoms with E-state index in [1.165, 1.54) is 0 Å². The van der Waals surface area contributed by atoms with Gasteiger partial charge < -0.3 is 15.3 Å². The summed E-state index contributed by atoms with van der Waals surface area (Å²) in [6.07, 6.45) is 1.57. The molecular formula is C8H16N4O3. The lowest BCUT2D eigenvalue weighted by Gasteiger charge is -2.28. The fourth-order valence-corrected chi connectivity index (χ4v) is 1.07. The molecule has 15 heavy (non-hydrogen) atoms. The first-order chi connectivity index (χ1) is 7.17. The molecule has 1 aromatic rings. The van der Waals surface area contributed by atoms with Gasteiger partial charge in [0.1, 0.15) is 0 Å². The molecule has 0 atom stereocenters. The molecule has 0 aliphatic carbocycles. The highest BCUT2D eigenvalue weighted by atomic mass is 16.3. The molecule has 1 rings (SSSR count). The molecule has 0 fully saturated rings. The summed E-state index contributed by atoms with van der Waals surface area (Å²) in [5.74, 6) is 0. The third kappa shape index (κ3) is 2.72. The summed E-state index contributed by atoms with van der Waals surface area (Å²) in [4.78, 5) is 0. The normalized spacial score (nSPS) is 12.0. The van der Waals surface area contributed by atoms with Gasteiger partial charge in [0.15, 0.2) is 0 Å². The molecule has 0 bridgehead atoms. The molecule has 0 aromatic carbocycles. The van der Waals surface area contributed by atoms with Crippen LogP contribution in [0.15, 0.2) is 6.20 Å². The molecule has 1 aromatic heterocycles. The Kier molecular flexibility index (Phi) is 4.15. The standard InChI is InChI=1S/C8H16N4O3/c1-12-7(3-10-11-12)2-9-8(4-13,5-14)6-15/h3,9,13-15H,2,4-6H2,1H3. The van der Waals surface area contributed by atoms with E-state index >= 15 is 0 Å². The third-order valence-electron chi connectivity index (χ3n) is 2.36.